The lowest BCUT2D eigenvalue weighted by Crippen LogP contribution is -2.45. The van der Waals surface area contributed by atoms with Crippen molar-refractivity contribution in [2.75, 3.05) is 43.9 Å². The fraction of sp³-hybridized carbons (Fsp3) is 0.391. The highest BCUT2D eigenvalue weighted by Crippen LogP contribution is 2.24. The Balaban J connectivity index is 1.36. The average Bonchev–Trinajstić information content (AvgIpc) is 3.14. The Kier molecular flexibility index (Phi) is 6.59. The Labute approximate surface area is 182 Å². The van der Waals surface area contributed by atoms with Crippen LogP contribution in [0.2, 0.25) is 0 Å². The number of rotatable bonds is 7. The van der Waals surface area contributed by atoms with Crippen LogP contribution in [0.25, 0.3) is 11.0 Å². The van der Waals surface area contributed by atoms with E-state index in [4.69, 9.17) is 4.98 Å². The molecule has 1 amide bonds. The number of fused-ring (bicyclic) bond motifs is 1. The first-order valence-electron chi connectivity index (χ1n) is 10.5. The van der Waals surface area contributed by atoms with Crippen LogP contribution >= 0.6 is 11.8 Å². The number of hydrogen-bond donors (Lipinski definition) is 1. The highest BCUT2D eigenvalue weighted by atomic mass is 32.2. The third kappa shape index (κ3) is 4.63. The van der Waals surface area contributed by atoms with E-state index in [1.54, 1.807) is 0 Å². The van der Waals surface area contributed by atoms with Gasteiger partial charge in [-0.1, -0.05) is 42.1 Å². The van der Waals surface area contributed by atoms with Gasteiger partial charge < -0.3 is 19.7 Å². The fourth-order valence-corrected chi connectivity index (χ4v) is 4.77. The molecule has 0 unspecified atom stereocenters. The van der Waals surface area contributed by atoms with Gasteiger partial charge in [-0.3, -0.25) is 4.79 Å². The number of aromatic nitrogens is 2. The van der Waals surface area contributed by atoms with Crippen molar-refractivity contribution in [2.24, 2.45) is 0 Å². The number of piperazine rings is 1. The number of carbonyl (C=O) groups excluding carboxylic acids is 1. The van der Waals surface area contributed by atoms with Gasteiger partial charge in [0.25, 0.3) is 0 Å². The number of hydrogen-bond acceptors (Lipinski definition) is 5. The molecule has 1 saturated heterocycles. The number of aryl methyl sites for hydroxylation is 1. The molecule has 0 bridgehead atoms. The van der Waals surface area contributed by atoms with Crippen molar-refractivity contribution < 1.29 is 4.79 Å². The van der Waals surface area contributed by atoms with Gasteiger partial charge in [-0.05, 0) is 37.7 Å². The maximum atomic E-state index is 12.5. The van der Waals surface area contributed by atoms with E-state index >= 15 is 0 Å². The molecule has 1 aromatic heterocycles. The van der Waals surface area contributed by atoms with Crippen LogP contribution in [0.1, 0.15) is 12.5 Å². The van der Waals surface area contributed by atoms with E-state index in [0.717, 1.165) is 48.9 Å². The van der Waals surface area contributed by atoms with Gasteiger partial charge in [0.1, 0.15) is 0 Å². The van der Waals surface area contributed by atoms with Crippen LogP contribution in [0.3, 0.4) is 0 Å². The summed E-state index contributed by atoms with van der Waals surface area (Å²) in [7, 11) is 2.16. The Morgan fingerprint density at radius 1 is 1.07 bits per heavy atom. The van der Waals surface area contributed by atoms with Crippen molar-refractivity contribution in [3.05, 3.63) is 54.1 Å². The van der Waals surface area contributed by atoms with Gasteiger partial charge in [0.15, 0.2) is 5.16 Å². The first-order valence-corrected chi connectivity index (χ1v) is 11.5. The van der Waals surface area contributed by atoms with Crippen LogP contribution in [0, 0.1) is 0 Å². The predicted molar refractivity (Wildman–Crippen MR) is 124 cm³/mol. The lowest BCUT2D eigenvalue weighted by atomic mass is 10.1. The lowest BCUT2D eigenvalue weighted by molar-refractivity contribution is -0.118. The number of para-hydroxylation sites is 3. The molecular weight excluding hydrogens is 394 g/mol. The number of carbonyl (C=O) groups is 1. The number of amides is 1. The second-order valence-corrected chi connectivity index (χ2v) is 8.55. The second-order valence-electron chi connectivity index (χ2n) is 7.61. The quantitative estimate of drug-likeness (QED) is 0.592. The maximum Gasteiger partial charge on any atom is 0.230 e. The minimum absolute atomic E-state index is 0.0305. The lowest BCUT2D eigenvalue weighted by Gasteiger charge is -2.35. The van der Waals surface area contributed by atoms with E-state index in [9.17, 15) is 4.79 Å². The van der Waals surface area contributed by atoms with Crippen LogP contribution in [-0.4, -0.2) is 59.3 Å². The van der Waals surface area contributed by atoms with Crippen molar-refractivity contribution in [1.82, 2.24) is 19.8 Å². The van der Waals surface area contributed by atoms with E-state index in [1.165, 1.54) is 23.0 Å². The SMILES string of the molecule is CCn1c(SCC(=O)NCc2ccccc2N2CCN(C)CC2)nc2ccccc21. The van der Waals surface area contributed by atoms with Crippen molar-refractivity contribution in [2.45, 2.75) is 25.2 Å². The number of nitrogens with zero attached hydrogens (tertiary/aromatic N) is 4. The molecule has 0 aliphatic carbocycles. The fourth-order valence-electron chi connectivity index (χ4n) is 3.86. The third-order valence-corrected chi connectivity index (χ3v) is 6.56. The average molecular weight is 424 g/mol. The molecule has 30 heavy (non-hydrogen) atoms. The molecule has 0 spiro atoms. The first-order chi connectivity index (χ1) is 14.7. The second kappa shape index (κ2) is 9.53. The summed E-state index contributed by atoms with van der Waals surface area (Å²) in [6.07, 6.45) is 0. The van der Waals surface area contributed by atoms with Gasteiger partial charge in [0.05, 0.1) is 16.8 Å². The van der Waals surface area contributed by atoms with Crippen LogP contribution in [-0.2, 0) is 17.9 Å². The van der Waals surface area contributed by atoms with Crippen molar-refractivity contribution in [1.29, 1.82) is 0 Å². The Bertz CT molecular complexity index is 1010. The monoisotopic (exact) mass is 423 g/mol. The van der Waals surface area contributed by atoms with E-state index in [1.807, 2.05) is 24.3 Å². The zero-order valence-corrected chi connectivity index (χ0v) is 18.5. The summed E-state index contributed by atoms with van der Waals surface area (Å²) >= 11 is 1.50. The zero-order chi connectivity index (χ0) is 20.9. The van der Waals surface area contributed by atoms with Crippen LogP contribution in [0.15, 0.2) is 53.7 Å². The predicted octanol–water partition coefficient (Wildman–Crippen LogP) is 3.22. The summed E-state index contributed by atoms with van der Waals surface area (Å²) in [5.74, 6) is 0.392. The maximum absolute atomic E-state index is 12.5. The molecule has 1 aliphatic heterocycles. The third-order valence-electron chi connectivity index (χ3n) is 5.58. The largest absolute Gasteiger partial charge is 0.369 e. The normalized spacial score (nSPS) is 14.9. The Hall–Kier alpha value is -2.51. The Morgan fingerprint density at radius 2 is 1.80 bits per heavy atom. The zero-order valence-electron chi connectivity index (χ0n) is 17.7. The summed E-state index contributed by atoms with van der Waals surface area (Å²) in [6.45, 7) is 7.66. The van der Waals surface area contributed by atoms with Gasteiger partial charge in [-0.2, -0.15) is 0 Å². The molecule has 1 aliphatic rings. The summed E-state index contributed by atoms with van der Waals surface area (Å²) in [5.41, 5.74) is 4.49. The minimum atomic E-state index is 0.0305. The van der Waals surface area contributed by atoms with Crippen molar-refractivity contribution in [3.63, 3.8) is 0 Å². The number of imidazole rings is 1. The van der Waals surface area contributed by atoms with Gasteiger partial charge in [-0.25, -0.2) is 4.98 Å². The summed E-state index contributed by atoms with van der Waals surface area (Å²) in [4.78, 5) is 22.0. The highest BCUT2D eigenvalue weighted by Gasteiger charge is 2.17. The molecule has 0 radical (unpaired) electrons. The van der Waals surface area contributed by atoms with E-state index < -0.39 is 0 Å². The van der Waals surface area contributed by atoms with Crippen molar-refractivity contribution in [3.8, 4) is 0 Å². The molecule has 6 nitrogen and oxygen atoms in total. The molecule has 0 saturated carbocycles. The van der Waals surface area contributed by atoms with Crippen LogP contribution < -0.4 is 10.2 Å². The molecule has 1 N–H and O–H groups in total. The topological polar surface area (TPSA) is 53.4 Å². The molecule has 0 atom stereocenters. The van der Waals surface area contributed by atoms with Crippen LogP contribution in [0.5, 0.6) is 0 Å². The van der Waals surface area contributed by atoms with E-state index in [0.29, 0.717) is 12.3 Å². The van der Waals surface area contributed by atoms with Gasteiger partial charge in [0.2, 0.25) is 5.91 Å². The van der Waals surface area contributed by atoms with E-state index in [-0.39, 0.29) is 5.91 Å². The molecule has 7 heteroatoms. The number of thioether (sulfide) groups is 1. The number of anilines is 1. The molecular formula is C23H29N5OS. The molecule has 1 fully saturated rings. The highest BCUT2D eigenvalue weighted by molar-refractivity contribution is 7.99. The number of nitrogens with one attached hydrogen (secondary N) is 1. The standard InChI is InChI=1S/C23H29N5OS/c1-3-28-21-11-7-5-9-19(21)25-23(28)30-17-22(29)24-16-18-8-4-6-10-20(18)27-14-12-26(2)13-15-27/h4-11H,3,12-17H2,1-2H3,(H,24,29). The molecule has 158 valence electrons. The molecule has 2 heterocycles. The summed E-state index contributed by atoms with van der Waals surface area (Å²) in [6, 6.07) is 16.5. The summed E-state index contributed by atoms with van der Waals surface area (Å²) < 4.78 is 2.16. The number of likely N-dealkylation sites (N-methyl/N-ethyl adjacent to an activating group) is 1. The number of benzene rings is 2. The Morgan fingerprint density at radius 3 is 2.60 bits per heavy atom. The van der Waals surface area contributed by atoms with Gasteiger partial charge in [0, 0.05) is 45.0 Å². The van der Waals surface area contributed by atoms with Crippen molar-refractivity contribution >= 4 is 34.4 Å². The summed E-state index contributed by atoms with van der Waals surface area (Å²) in [5, 5.41) is 3.99. The first kappa shape index (κ1) is 20.8. The molecule has 2 aromatic carbocycles. The van der Waals surface area contributed by atoms with Gasteiger partial charge >= 0.3 is 0 Å². The van der Waals surface area contributed by atoms with E-state index in [2.05, 4.69) is 57.9 Å². The smallest absolute Gasteiger partial charge is 0.230 e. The van der Waals surface area contributed by atoms with Gasteiger partial charge in [-0.15, -0.1) is 0 Å². The molecule has 3 aromatic rings. The molecule has 4 rings (SSSR count). The minimum Gasteiger partial charge on any atom is -0.369 e. The van der Waals surface area contributed by atoms with Crippen LogP contribution in [0.4, 0.5) is 5.69 Å².